The first-order valence-electron chi connectivity index (χ1n) is 5.22. The maximum atomic E-state index is 12.9. The molecule has 78 valence electrons. The second kappa shape index (κ2) is 4.89. The largest absolute Gasteiger partial charge is 0.325 e. The first kappa shape index (κ1) is 10.9. The van der Waals surface area contributed by atoms with Crippen LogP contribution in [0.1, 0.15) is 44.9 Å². The van der Waals surface area contributed by atoms with E-state index >= 15 is 0 Å². The molecule has 0 aromatic heterocycles. The Morgan fingerprint density at radius 1 is 1.08 bits per heavy atom. The molecule has 1 saturated carbocycles. The van der Waals surface area contributed by atoms with E-state index in [1.54, 1.807) is 0 Å². The standard InChI is InChI=1S/C10H19F2N/c11-10(12,8-13)7-9-5-3-1-2-4-6-9/h9H,1-8,13H2. The molecule has 0 spiro atoms. The number of hydrogen-bond donors (Lipinski definition) is 1. The zero-order valence-electron chi connectivity index (χ0n) is 8.07. The van der Waals surface area contributed by atoms with Crippen LogP contribution in [0.4, 0.5) is 8.78 Å². The molecule has 0 aliphatic heterocycles. The second-order valence-corrected chi connectivity index (χ2v) is 4.12. The molecule has 1 rings (SSSR count). The quantitative estimate of drug-likeness (QED) is 0.682. The molecule has 0 saturated heterocycles. The molecule has 0 atom stereocenters. The number of rotatable bonds is 3. The van der Waals surface area contributed by atoms with E-state index in [0.29, 0.717) is 0 Å². The smallest absolute Gasteiger partial charge is 0.260 e. The van der Waals surface area contributed by atoms with Gasteiger partial charge in [0.2, 0.25) is 0 Å². The highest BCUT2D eigenvalue weighted by molar-refractivity contribution is 4.74. The Morgan fingerprint density at radius 2 is 1.62 bits per heavy atom. The van der Waals surface area contributed by atoms with Crippen molar-refractivity contribution in [3.8, 4) is 0 Å². The van der Waals surface area contributed by atoms with Crippen molar-refractivity contribution in [2.24, 2.45) is 11.7 Å². The molecule has 0 radical (unpaired) electrons. The van der Waals surface area contributed by atoms with Crippen LogP contribution in [0.25, 0.3) is 0 Å². The zero-order valence-corrected chi connectivity index (χ0v) is 8.07. The molecule has 0 aromatic carbocycles. The van der Waals surface area contributed by atoms with E-state index in [4.69, 9.17) is 5.73 Å². The Bertz CT molecular complexity index is 140. The van der Waals surface area contributed by atoms with E-state index in [-0.39, 0.29) is 12.3 Å². The van der Waals surface area contributed by atoms with Gasteiger partial charge in [-0.2, -0.15) is 0 Å². The van der Waals surface area contributed by atoms with Gasteiger partial charge in [0.05, 0.1) is 6.54 Å². The van der Waals surface area contributed by atoms with Crippen LogP contribution in [0.5, 0.6) is 0 Å². The molecule has 1 aliphatic rings. The van der Waals surface area contributed by atoms with Gasteiger partial charge in [0.15, 0.2) is 0 Å². The van der Waals surface area contributed by atoms with Crippen molar-refractivity contribution >= 4 is 0 Å². The number of alkyl halides is 2. The molecule has 13 heavy (non-hydrogen) atoms. The monoisotopic (exact) mass is 191 g/mol. The molecule has 0 bridgehead atoms. The van der Waals surface area contributed by atoms with Crippen molar-refractivity contribution in [2.75, 3.05) is 6.54 Å². The Labute approximate surface area is 78.7 Å². The maximum absolute atomic E-state index is 12.9. The first-order chi connectivity index (χ1) is 6.14. The van der Waals surface area contributed by atoms with E-state index in [1.807, 2.05) is 0 Å². The Hall–Kier alpha value is -0.180. The van der Waals surface area contributed by atoms with Crippen molar-refractivity contribution < 1.29 is 8.78 Å². The fourth-order valence-corrected chi connectivity index (χ4v) is 2.07. The normalized spacial score (nSPS) is 21.5. The van der Waals surface area contributed by atoms with Crippen molar-refractivity contribution in [1.29, 1.82) is 0 Å². The van der Waals surface area contributed by atoms with Crippen molar-refractivity contribution in [1.82, 2.24) is 0 Å². The van der Waals surface area contributed by atoms with Crippen LogP contribution in [-0.4, -0.2) is 12.5 Å². The predicted molar refractivity (Wildman–Crippen MR) is 49.8 cm³/mol. The third kappa shape index (κ3) is 4.03. The van der Waals surface area contributed by atoms with Gasteiger partial charge in [-0.3, -0.25) is 0 Å². The van der Waals surface area contributed by atoms with Crippen molar-refractivity contribution in [3.63, 3.8) is 0 Å². The predicted octanol–water partition coefficient (Wildman–Crippen LogP) is 2.94. The third-order valence-electron chi connectivity index (χ3n) is 2.86. The fraction of sp³-hybridized carbons (Fsp3) is 1.00. The Morgan fingerprint density at radius 3 is 2.08 bits per heavy atom. The third-order valence-corrected chi connectivity index (χ3v) is 2.86. The van der Waals surface area contributed by atoms with E-state index in [1.165, 1.54) is 12.8 Å². The molecule has 3 heteroatoms. The number of halogens is 2. The van der Waals surface area contributed by atoms with Gasteiger partial charge >= 0.3 is 0 Å². The molecular weight excluding hydrogens is 172 g/mol. The minimum absolute atomic E-state index is 0.00347. The molecule has 2 N–H and O–H groups in total. The summed E-state index contributed by atoms with van der Waals surface area (Å²) in [6.45, 7) is -0.497. The average Bonchev–Trinajstić information content (AvgIpc) is 2.32. The van der Waals surface area contributed by atoms with Gasteiger partial charge in [0.1, 0.15) is 0 Å². The summed E-state index contributed by atoms with van der Waals surface area (Å²) in [5.74, 6) is -2.42. The van der Waals surface area contributed by atoms with E-state index in [0.717, 1.165) is 25.7 Å². The number of nitrogens with two attached hydrogens (primary N) is 1. The summed E-state index contributed by atoms with van der Waals surface area (Å²) in [4.78, 5) is 0. The van der Waals surface area contributed by atoms with Gasteiger partial charge in [0, 0.05) is 6.42 Å². The SMILES string of the molecule is NCC(F)(F)CC1CCCCCC1. The summed E-state index contributed by atoms with van der Waals surface area (Å²) in [5, 5.41) is 0. The lowest BCUT2D eigenvalue weighted by Crippen LogP contribution is -2.30. The lowest BCUT2D eigenvalue weighted by Gasteiger charge is -2.20. The number of hydrogen-bond acceptors (Lipinski definition) is 1. The summed E-state index contributed by atoms with van der Waals surface area (Å²) in [5.41, 5.74) is 5.01. The first-order valence-corrected chi connectivity index (χ1v) is 5.22. The van der Waals surface area contributed by atoms with Crippen LogP contribution in [0.2, 0.25) is 0 Å². The minimum Gasteiger partial charge on any atom is -0.325 e. The fourth-order valence-electron chi connectivity index (χ4n) is 2.07. The zero-order chi connectivity index (χ0) is 9.73. The lowest BCUT2D eigenvalue weighted by atomic mass is 9.93. The molecule has 0 amide bonds. The van der Waals surface area contributed by atoms with Crippen LogP contribution >= 0.6 is 0 Å². The van der Waals surface area contributed by atoms with Crippen molar-refractivity contribution in [3.05, 3.63) is 0 Å². The summed E-state index contributed by atoms with van der Waals surface area (Å²) in [7, 11) is 0. The molecule has 0 unspecified atom stereocenters. The molecule has 0 aromatic rings. The van der Waals surface area contributed by atoms with Crippen LogP contribution in [0.15, 0.2) is 0 Å². The Balaban J connectivity index is 2.33. The van der Waals surface area contributed by atoms with Crippen molar-refractivity contribution in [2.45, 2.75) is 50.9 Å². The molecule has 1 aliphatic carbocycles. The van der Waals surface area contributed by atoms with Gasteiger partial charge in [0.25, 0.3) is 5.92 Å². The minimum atomic E-state index is -2.63. The summed E-state index contributed by atoms with van der Waals surface area (Å²) < 4.78 is 25.9. The summed E-state index contributed by atoms with van der Waals surface area (Å²) in [6, 6.07) is 0. The topological polar surface area (TPSA) is 26.0 Å². The Kier molecular flexibility index (Phi) is 4.10. The van der Waals surface area contributed by atoms with Crippen LogP contribution in [0.3, 0.4) is 0 Å². The summed E-state index contributed by atoms with van der Waals surface area (Å²) in [6.07, 6.45) is 6.60. The molecule has 0 heterocycles. The van der Waals surface area contributed by atoms with Crippen LogP contribution in [0, 0.1) is 5.92 Å². The van der Waals surface area contributed by atoms with Crippen LogP contribution in [-0.2, 0) is 0 Å². The highest BCUT2D eigenvalue weighted by Crippen LogP contribution is 2.31. The van der Waals surface area contributed by atoms with Gasteiger partial charge in [-0.25, -0.2) is 8.78 Å². The average molecular weight is 191 g/mol. The van der Waals surface area contributed by atoms with Gasteiger partial charge in [-0.05, 0) is 5.92 Å². The molecule has 1 nitrogen and oxygen atoms in total. The lowest BCUT2D eigenvalue weighted by molar-refractivity contribution is -0.0155. The molecule has 1 fully saturated rings. The second-order valence-electron chi connectivity index (χ2n) is 4.12. The highest BCUT2D eigenvalue weighted by atomic mass is 19.3. The molecular formula is C10H19F2N. The van der Waals surface area contributed by atoms with Gasteiger partial charge in [-0.1, -0.05) is 38.5 Å². The maximum Gasteiger partial charge on any atom is 0.260 e. The van der Waals surface area contributed by atoms with E-state index < -0.39 is 12.5 Å². The van der Waals surface area contributed by atoms with E-state index in [9.17, 15) is 8.78 Å². The van der Waals surface area contributed by atoms with Gasteiger partial charge < -0.3 is 5.73 Å². The highest BCUT2D eigenvalue weighted by Gasteiger charge is 2.30. The van der Waals surface area contributed by atoms with Gasteiger partial charge in [-0.15, -0.1) is 0 Å². The van der Waals surface area contributed by atoms with Crippen LogP contribution < -0.4 is 5.73 Å². The summed E-state index contributed by atoms with van der Waals surface area (Å²) >= 11 is 0. The van der Waals surface area contributed by atoms with E-state index in [2.05, 4.69) is 0 Å².